The fourth-order valence-corrected chi connectivity index (χ4v) is 26.8. The Kier molecular flexibility index (Phi) is 22.7. The van der Waals surface area contributed by atoms with Crippen LogP contribution in [-0.4, -0.2) is 92.3 Å². The van der Waals surface area contributed by atoms with E-state index in [1.54, 1.807) is 14.0 Å². The van der Waals surface area contributed by atoms with E-state index in [-0.39, 0.29) is 11.0 Å². The zero-order chi connectivity index (χ0) is 40.0. The summed E-state index contributed by atoms with van der Waals surface area (Å²) in [5.41, 5.74) is 0.414. The number of carbonyl (C=O) groups is 1. The van der Waals surface area contributed by atoms with Crippen molar-refractivity contribution in [3.05, 3.63) is 12.2 Å². The maximum Gasteiger partial charge on any atom is 0.333 e. The summed E-state index contributed by atoms with van der Waals surface area (Å²) < 4.78 is 43.0. The first-order chi connectivity index (χ1) is 22.1. The summed E-state index contributed by atoms with van der Waals surface area (Å²) in [6, 6.07) is 3.02. The summed E-state index contributed by atoms with van der Waals surface area (Å²) in [4.78, 5) is 11.5. The van der Waals surface area contributed by atoms with Crippen LogP contribution in [0, 0.1) is 0 Å². The van der Waals surface area contributed by atoms with Gasteiger partial charge in [0.15, 0.2) is 42.3 Å². The van der Waals surface area contributed by atoms with Gasteiger partial charge in [0.05, 0.1) is 6.61 Å². The zero-order valence-corrected chi connectivity index (χ0v) is 44.1. The molecule has 0 aromatic heterocycles. The van der Waals surface area contributed by atoms with Crippen molar-refractivity contribution in [2.24, 2.45) is 0 Å². The molecule has 15 heteroatoms. The first-order valence-corrected chi connectivity index (χ1v) is 39.0. The molecule has 0 saturated carbocycles. The molecule has 0 heterocycles. The summed E-state index contributed by atoms with van der Waals surface area (Å²) in [5, 5.41) is 0.554. The topological polar surface area (TPSA) is 81.7 Å². The van der Waals surface area contributed by atoms with Crippen molar-refractivity contribution < 1.29 is 35.2 Å². The molecule has 0 saturated heterocycles. The van der Waals surface area contributed by atoms with Crippen LogP contribution in [0.3, 0.4) is 0 Å². The number of ether oxygens (including phenoxy) is 1. The highest BCUT2D eigenvalue weighted by atomic mass is 28.5. The van der Waals surface area contributed by atoms with Gasteiger partial charge in [0.2, 0.25) is 0 Å². The normalized spacial score (nSPS) is 15.0. The first-order valence-electron chi connectivity index (χ1n) is 18.9. The SMILES string of the molecule is C=C(C)C(=O)OCCC[Si](C)(OC)O[Si](C)(C)O[Si](C)(C)CCCO[Si](C)(C)C(C)(C)C.C[SiH](C)O[Si](C)(C)CCCO[Si](C)(C)C(C)(C)C. The van der Waals surface area contributed by atoms with Crippen molar-refractivity contribution in [1.29, 1.82) is 0 Å². The van der Waals surface area contributed by atoms with Crippen LogP contribution in [0.2, 0.25) is 113 Å². The Bertz CT molecular complexity index is 1010. The number of rotatable bonds is 22. The molecule has 0 aliphatic heterocycles. The maximum absolute atomic E-state index is 11.5. The lowest BCUT2D eigenvalue weighted by atomic mass is 10.2. The summed E-state index contributed by atoms with van der Waals surface area (Å²) in [6.45, 7) is 50.3. The van der Waals surface area contributed by atoms with E-state index in [1.807, 2.05) is 0 Å². The fourth-order valence-electron chi connectivity index (χ4n) is 4.91. The van der Waals surface area contributed by atoms with E-state index in [0.29, 0.717) is 23.6 Å². The molecule has 50 heavy (non-hydrogen) atoms. The highest BCUT2D eigenvalue weighted by molar-refractivity contribution is 6.86. The maximum atomic E-state index is 11.5. The summed E-state index contributed by atoms with van der Waals surface area (Å²) >= 11 is 0. The van der Waals surface area contributed by atoms with Crippen molar-refractivity contribution in [1.82, 2.24) is 0 Å². The van der Waals surface area contributed by atoms with Gasteiger partial charge in [-0.25, -0.2) is 4.79 Å². The van der Waals surface area contributed by atoms with Gasteiger partial charge in [0.25, 0.3) is 0 Å². The van der Waals surface area contributed by atoms with Gasteiger partial charge in [0, 0.05) is 25.9 Å². The molecular formula is C35H84O8Si7. The van der Waals surface area contributed by atoms with Crippen molar-refractivity contribution in [2.45, 2.75) is 181 Å². The molecule has 0 aromatic carbocycles. The number of hydrogen-bond donors (Lipinski definition) is 0. The molecule has 8 nitrogen and oxygen atoms in total. The quantitative estimate of drug-likeness (QED) is 0.0462. The van der Waals surface area contributed by atoms with Gasteiger partial charge in [-0.3, -0.25) is 0 Å². The fraction of sp³-hybridized carbons (Fsp3) is 0.914. The van der Waals surface area contributed by atoms with Crippen molar-refractivity contribution in [2.75, 3.05) is 26.9 Å². The molecule has 0 radical (unpaired) electrons. The zero-order valence-electron chi connectivity index (χ0n) is 36.9. The Morgan fingerprint density at radius 1 is 0.640 bits per heavy atom. The second-order valence-electron chi connectivity index (χ2n) is 19.1. The smallest absolute Gasteiger partial charge is 0.333 e. The van der Waals surface area contributed by atoms with Crippen molar-refractivity contribution >= 4 is 65.4 Å². The first kappa shape index (κ1) is 52.6. The summed E-state index contributed by atoms with van der Waals surface area (Å²) in [7, 11) is -10.5. The monoisotopic (exact) mass is 828 g/mol. The Labute approximate surface area is 319 Å². The lowest BCUT2D eigenvalue weighted by Crippen LogP contribution is -2.54. The third kappa shape index (κ3) is 23.3. The van der Waals surface area contributed by atoms with Crippen LogP contribution in [0.5, 0.6) is 0 Å². The average molecular weight is 830 g/mol. The molecule has 0 bridgehead atoms. The minimum absolute atomic E-state index is 0.233. The van der Waals surface area contributed by atoms with Crippen molar-refractivity contribution in [3.63, 3.8) is 0 Å². The Hall–Kier alpha value is 0.488. The van der Waals surface area contributed by atoms with E-state index in [2.05, 4.69) is 133 Å². The van der Waals surface area contributed by atoms with Gasteiger partial charge in [-0.15, -0.1) is 0 Å². The minimum atomic E-state index is -2.42. The molecule has 1 atom stereocenters. The van der Waals surface area contributed by atoms with Gasteiger partial charge < -0.3 is 30.4 Å². The van der Waals surface area contributed by atoms with Gasteiger partial charge in [-0.2, -0.15) is 0 Å². The van der Waals surface area contributed by atoms with Crippen LogP contribution in [0.1, 0.15) is 67.7 Å². The van der Waals surface area contributed by atoms with Crippen molar-refractivity contribution in [3.8, 4) is 0 Å². The molecule has 0 N–H and O–H groups in total. The largest absolute Gasteiger partial charge is 0.462 e. The molecule has 0 fully saturated rings. The minimum Gasteiger partial charge on any atom is -0.462 e. The van der Waals surface area contributed by atoms with Crippen LogP contribution < -0.4 is 0 Å². The lowest BCUT2D eigenvalue weighted by molar-refractivity contribution is -0.138. The molecule has 0 spiro atoms. The molecule has 300 valence electrons. The standard InChI is InChI=1S/C22H50O6Si4.C13H34O2Si3/c1-20(2)21(23)25-16-14-19-32(13,24-6)28-31(11,12)27-29(7,8)18-15-17-26-30(9,10)22(3,4)5;1-13(2,3)18(8,9)14-11-10-12-17(6,7)15-16(4)5/h1,14-19H2,2-13H3;16H,10-12H2,1-9H3. The molecule has 0 rings (SSSR count). The summed E-state index contributed by atoms with van der Waals surface area (Å²) in [6.07, 6.45) is 2.88. The van der Waals surface area contributed by atoms with E-state index < -0.39 is 59.4 Å². The molecular weight excluding hydrogens is 745 g/mol. The summed E-state index contributed by atoms with van der Waals surface area (Å²) in [5.74, 6) is -0.352. The van der Waals surface area contributed by atoms with Crippen LogP contribution in [0.15, 0.2) is 12.2 Å². The lowest BCUT2D eigenvalue weighted by Gasteiger charge is -2.39. The van der Waals surface area contributed by atoms with Crippen LogP contribution >= 0.6 is 0 Å². The van der Waals surface area contributed by atoms with E-state index in [4.69, 9.17) is 30.4 Å². The number of esters is 1. The number of carbonyl (C=O) groups excluding carboxylic acids is 1. The van der Waals surface area contributed by atoms with Crippen LogP contribution in [0.4, 0.5) is 0 Å². The van der Waals surface area contributed by atoms with Gasteiger partial charge in [-0.05, 0) is 140 Å². The third-order valence-electron chi connectivity index (χ3n) is 9.71. The second-order valence-corrected chi connectivity index (χ2v) is 47.4. The highest BCUT2D eigenvalue weighted by Crippen LogP contribution is 2.38. The predicted molar refractivity (Wildman–Crippen MR) is 234 cm³/mol. The van der Waals surface area contributed by atoms with Crippen LogP contribution in [-0.2, 0) is 35.2 Å². The Morgan fingerprint density at radius 2 is 1.04 bits per heavy atom. The molecule has 0 amide bonds. The molecule has 0 aliphatic rings. The van der Waals surface area contributed by atoms with Crippen LogP contribution in [0.25, 0.3) is 0 Å². The van der Waals surface area contributed by atoms with E-state index >= 15 is 0 Å². The van der Waals surface area contributed by atoms with Gasteiger partial charge >= 0.3 is 23.1 Å². The molecule has 1 unspecified atom stereocenters. The van der Waals surface area contributed by atoms with Gasteiger partial charge in [0.1, 0.15) is 0 Å². The Morgan fingerprint density at radius 3 is 1.40 bits per heavy atom. The molecule has 0 aliphatic carbocycles. The second kappa shape index (κ2) is 21.5. The number of hydrogen-bond acceptors (Lipinski definition) is 8. The average Bonchev–Trinajstić information content (AvgIpc) is 2.89. The predicted octanol–water partition coefficient (Wildman–Crippen LogP) is 11.2. The molecule has 0 aromatic rings. The Balaban J connectivity index is 0. The van der Waals surface area contributed by atoms with E-state index in [9.17, 15) is 4.79 Å². The van der Waals surface area contributed by atoms with E-state index in [1.165, 1.54) is 6.04 Å². The highest BCUT2D eigenvalue weighted by Gasteiger charge is 2.43. The van der Waals surface area contributed by atoms with Gasteiger partial charge in [-0.1, -0.05) is 48.1 Å². The third-order valence-corrected chi connectivity index (χ3v) is 36.3. The van der Waals surface area contributed by atoms with E-state index in [0.717, 1.165) is 38.1 Å².